The van der Waals surface area contributed by atoms with Crippen molar-refractivity contribution in [3.05, 3.63) is 59.7 Å². The number of carbonyl (C=O) groups is 1. The zero-order chi connectivity index (χ0) is 16.2. The summed E-state index contributed by atoms with van der Waals surface area (Å²) in [5.74, 6) is 0.555. The van der Waals surface area contributed by atoms with Crippen LogP contribution >= 0.6 is 0 Å². The maximum absolute atomic E-state index is 11.9. The van der Waals surface area contributed by atoms with Crippen LogP contribution in [0.15, 0.2) is 48.5 Å². The van der Waals surface area contributed by atoms with E-state index >= 15 is 0 Å². The van der Waals surface area contributed by atoms with Gasteiger partial charge in [-0.2, -0.15) is 0 Å². The summed E-state index contributed by atoms with van der Waals surface area (Å²) in [4.78, 5) is 11.9. The first-order valence-corrected chi connectivity index (χ1v) is 7.24. The molecular formula is C18H22N2O2. The van der Waals surface area contributed by atoms with E-state index in [9.17, 15) is 4.79 Å². The van der Waals surface area contributed by atoms with Gasteiger partial charge in [0.15, 0.2) is 0 Å². The van der Waals surface area contributed by atoms with Gasteiger partial charge in [0.25, 0.3) is 0 Å². The zero-order valence-corrected chi connectivity index (χ0v) is 13.2. The van der Waals surface area contributed by atoms with Gasteiger partial charge >= 0.3 is 0 Å². The van der Waals surface area contributed by atoms with Crippen molar-refractivity contribution in [3.63, 3.8) is 0 Å². The van der Waals surface area contributed by atoms with Crippen LogP contribution in [-0.4, -0.2) is 11.4 Å². The number of hydrogen-bond acceptors (Lipinski definition) is 3. The summed E-state index contributed by atoms with van der Waals surface area (Å²) in [5.41, 5.74) is 7.67. The first-order valence-electron chi connectivity index (χ1n) is 7.24. The van der Waals surface area contributed by atoms with E-state index in [4.69, 9.17) is 10.5 Å². The van der Waals surface area contributed by atoms with Crippen LogP contribution < -0.4 is 15.8 Å². The Morgan fingerprint density at radius 2 is 1.86 bits per heavy atom. The van der Waals surface area contributed by atoms with E-state index < -0.39 is 5.54 Å². The van der Waals surface area contributed by atoms with E-state index in [1.807, 2.05) is 55.5 Å². The van der Waals surface area contributed by atoms with Crippen molar-refractivity contribution in [1.29, 1.82) is 0 Å². The van der Waals surface area contributed by atoms with E-state index in [2.05, 4.69) is 5.32 Å². The Kier molecular flexibility index (Phi) is 4.83. The molecule has 0 spiro atoms. The van der Waals surface area contributed by atoms with Gasteiger partial charge in [-0.25, -0.2) is 0 Å². The number of ether oxygens (including phenoxy) is 1. The summed E-state index contributed by atoms with van der Waals surface area (Å²) in [6, 6.07) is 15.6. The normalized spacial score (nSPS) is 11.1. The Balaban J connectivity index is 2.02. The Hall–Kier alpha value is -2.33. The van der Waals surface area contributed by atoms with Crippen LogP contribution in [0.5, 0.6) is 5.75 Å². The highest BCUT2D eigenvalue weighted by Gasteiger charge is 2.22. The van der Waals surface area contributed by atoms with Gasteiger partial charge in [0.2, 0.25) is 5.91 Å². The number of amides is 1. The SMILES string of the molecule is Cc1cc(OCc2ccccc2)ccc1NC(=O)C(C)(C)N. The molecule has 1 amide bonds. The van der Waals surface area contributed by atoms with Crippen LogP contribution in [0.4, 0.5) is 5.69 Å². The Bertz CT molecular complexity index is 646. The summed E-state index contributed by atoms with van der Waals surface area (Å²) in [5, 5.41) is 2.83. The largest absolute Gasteiger partial charge is 0.489 e. The fourth-order valence-corrected chi connectivity index (χ4v) is 1.89. The predicted molar refractivity (Wildman–Crippen MR) is 88.8 cm³/mol. The van der Waals surface area contributed by atoms with Gasteiger partial charge in [-0.15, -0.1) is 0 Å². The lowest BCUT2D eigenvalue weighted by atomic mass is 10.1. The lowest BCUT2D eigenvalue weighted by Gasteiger charge is -2.19. The van der Waals surface area contributed by atoms with Crippen molar-refractivity contribution in [3.8, 4) is 5.75 Å². The number of nitrogens with two attached hydrogens (primary N) is 1. The van der Waals surface area contributed by atoms with E-state index in [0.29, 0.717) is 6.61 Å². The summed E-state index contributed by atoms with van der Waals surface area (Å²) in [7, 11) is 0. The molecule has 0 aliphatic carbocycles. The second-order valence-electron chi connectivity index (χ2n) is 5.93. The Morgan fingerprint density at radius 1 is 1.18 bits per heavy atom. The lowest BCUT2D eigenvalue weighted by Crippen LogP contribution is -2.45. The number of aryl methyl sites for hydroxylation is 1. The maximum Gasteiger partial charge on any atom is 0.243 e. The Morgan fingerprint density at radius 3 is 2.45 bits per heavy atom. The van der Waals surface area contributed by atoms with E-state index in [1.165, 1.54) is 0 Å². The van der Waals surface area contributed by atoms with E-state index in [1.54, 1.807) is 13.8 Å². The third-order valence-corrected chi connectivity index (χ3v) is 3.28. The molecule has 0 unspecified atom stereocenters. The average molecular weight is 298 g/mol. The van der Waals surface area contributed by atoms with Crippen LogP contribution in [0.2, 0.25) is 0 Å². The number of benzene rings is 2. The van der Waals surface area contributed by atoms with Gasteiger partial charge < -0.3 is 15.8 Å². The van der Waals surface area contributed by atoms with Crippen molar-refractivity contribution >= 4 is 11.6 Å². The number of carbonyl (C=O) groups excluding carboxylic acids is 1. The minimum Gasteiger partial charge on any atom is -0.489 e. The molecule has 0 bridgehead atoms. The highest BCUT2D eigenvalue weighted by molar-refractivity contribution is 5.97. The average Bonchev–Trinajstić information content (AvgIpc) is 2.47. The van der Waals surface area contributed by atoms with Crippen LogP contribution in [-0.2, 0) is 11.4 Å². The van der Waals surface area contributed by atoms with Gasteiger partial charge in [0, 0.05) is 5.69 Å². The van der Waals surface area contributed by atoms with Crippen LogP contribution in [0, 0.1) is 6.92 Å². The quantitative estimate of drug-likeness (QED) is 0.890. The van der Waals surface area contributed by atoms with Crippen molar-refractivity contribution in [2.24, 2.45) is 5.73 Å². The molecule has 4 heteroatoms. The van der Waals surface area contributed by atoms with E-state index in [-0.39, 0.29) is 5.91 Å². The summed E-state index contributed by atoms with van der Waals surface area (Å²) in [6.45, 7) is 5.79. The van der Waals surface area contributed by atoms with Gasteiger partial charge in [0.1, 0.15) is 12.4 Å². The molecule has 22 heavy (non-hydrogen) atoms. The van der Waals surface area contributed by atoms with Gasteiger partial charge in [-0.05, 0) is 50.1 Å². The lowest BCUT2D eigenvalue weighted by molar-refractivity contribution is -0.120. The third-order valence-electron chi connectivity index (χ3n) is 3.28. The predicted octanol–water partition coefficient (Wildman–Crippen LogP) is 3.25. The molecule has 0 aliphatic heterocycles. The van der Waals surface area contributed by atoms with Crippen molar-refractivity contribution in [2.75, 3.05) is 5.32 Å². The van der Waals surface area contributed by atoms with Crippen LogP contribution in [0.3, 0.4) is 0 Å². The molecule has 0 saturated heterocycles. The molecule has 3 N–H and O–H groups in total. The topological polar surface area (TPSA) is 64.3 Å². The third kappa shape index (κ3) is 4.33. The summed E-state index contributed by atoms with van der Waals surface area (Å²) < 4.78 is 5.76. The molecule has 2 aromatic carbocycles. The standard InChI is InChI=1S/C18H22N2O2/c1-13-11-15(22-12-14-7-5-4-6-8-14)9-10-16(13)20-17(21)18(2,3)19/h4-11H,12,19H2,1-3H3,(H,20,21). The van der Waals surface area contributed by atoms with Gasteiger partial charge in [-0.3, -0.25) is 4.79 Å². The second-order valence-corrected chi connectivity index (χ2v) is 5.93. The number of nitrogens with one attached hydrogen (secondary N) is 1. The first kappa shape index (κ1) is 16.0. The van der Waals surface area contributed by atoms with Gasteiger partial charge in [-0.1, -0.05) is 30.3 Å². The molecule has 0 aliphatic rings. The molecule has 0 fully saturated rings. The molecule has 2 rings (SSSR count). The smallest absolute Gasteiger partial charge is 0.243 e. The highest BCUT2D eigenvalue weighted by atomic mass is 16.5. The molecule has 2 aromatic rings. The minimum absolute atomic E-state index is 0.214. The van der Waals surface area contributed by atoms with Crippen molar-refractivity contribution in [1.82, 2.24) is 0 Å². The highest BCUT2D eigenvalue weighted by Crippen LogP contribution is 2.22. The van der Waals surface area contributed by atoms with Crippen LogP contribution in [0.25, 0.3) is 0 Å². The molecule has 4 nitrogen and oxygen atoms in total. The monoisotopic (exact) mass is 298 g/mol. The fourth-order valence-electron chi connectivity index (χ4n) is 1.89. The number of anilines is 1. The van der Waals surface area contributed by atoms with Crippen LogP contribution in [0.1, 0.15) is 25.0 Å². The molecule has 0 aromatic heterocycles. The number of rotatable bonds is 5. The molecule has 0 heterocycles. The van der Waals surface area contributed by atoms with Crippen molar-refractivity contribution < 1.29 is 9.53 Å². The first-order chi connectivity index (χ1) is 10.4. The molecule has 116 valence electrons. The Labute approximate surface area is 131 Å². The summed E-state index contributed by atoms with van der Waals surface area (Å²) >= 11 is 0. The fraction of sp³-hybridized carbons (Fsp3) is 0.278. The van der Waals surface area contributed by atoms with Gasteiger partial charge in [0.05, 0.1) is 5.54 Å². The maximum atomic E-state index is 11.9. The minimum atomic E-state index is -0.908. The molecule has 0 radical (unpaired) electrons. The molecule has 0 atom stereocenters. The van der Waals surface area contributed by atoms with E-state index in [0.717, 1.165) is 22.6 Å². The summed E-state index contributed by atoms with van der Waals surface area (Å²) in [6.07, 6.45) is 0. The molecular weight excluding hydrogens is 276 g/mol. The van der Waals surface area contributed by atoms with Crippen molar-refractivity contribution in [2.45, 2.75) is 32.9 Å². The zero-order valence-electron chi connectivity index (χ0n) is 13.2. The second kappa shape index (κ2) is 6.62. The molecule has 0 saturated carbocycles. The number of hydrogen-bond donors (Lipinski definition) is 2.